The second-order valence-corrected chi connectivity index (χ2v) is 5.17. The van der Waals surface area contributed by atoms with Crippen molar-refractivity contribution in [3.63, 3.8) is 0 Å². The molecule has 0 spiro atoms. The molecule has 0 aromatic heterocycles. The van der Waals surface area contributed by atoms with E-state index in [0.29, 0.717) is 6.54 Å². The van der Waals surface area contributed by atoms with Crippen LogP contribution in [0, 0.1) is 6.92 Å². The molecular weight excluding hydrogens is 304 g/mol. The molecule has 0 aliphatic carbocycles. The Morgan fingerprint density at radius 3 is 2.76 bits per heavy atom. The van der Waals surface area contributed by atoms with Gasteiger partial charge < -0.3 is 10.6 Å². The van der Waals surface area contributed by atoms with E-state index < -0.39 is 0 Å². The van der Waals surface area contributed by atoms with Crippen LogP contribution < -0.4 is 5.73 Å². The Morgan fingerprint density at radius 2 is 2.24 bits per heavy atom. The topological polar surface area (TPSA) is 46.3 Å². The summed E-state index contributed by atoms with van der Waals surface area (Å²) in [4.78, 5) is 14.0. The number of hydrogen-bond donors (Lipinski definition) is 1. The maximum absolute atomic E-state index is 12.2. The van der Waals surface area contributed by atoms with Crippen molar-refractivity contribution in [2.45, 2.75) is 19.4 Å². The summed E-state index contributed by atoms with van der Waals surface area (Å²) in [6.07, 6.45) is 0.904. The van der Waals surface area contributed by atoms with Crippen LogP contribution in [0.3, 0.4) is 0 Å². The molecule has 0 saturated carbocycles. The van der Waals surface area contributed by atoms with Crippen LogP contribution >= 0.6 is 28.3 Å². The lowest BCUT2D eigenvalue weighted by Crippen LogP contribution is -2.32. The second kappa shape index (κ2) is 5.85. The van der Waals surface area contributed by atoms with Crippen LogP contribution in [0.15, 0.2) is 22.7 Å². The zero-order chi connectivity index (χ0) is 11.7. The van der Waals surface area contributed by atoms with Gasteiger partial charge in [0.25, 0.3) is 5.91 Å². The molecule has 1 aliphatic rings. The number of carbonyl (C=O) groups is 1. The van der Waals surface area contributed by atoms with E-state index in [1.165, 1.54) is 0 Å². The molecule has 2 N–H and O–H groups in total. The van der Waals surface area contributed by atoms with E-state index in [0.717, 1.165) is 28.6 Å². The summed E-state index contributed by atoms with van der Waals surface area (Å²) in [7, 11) is 0. The van der Waals surface area contributed by atoms with Crippen molar-refractivity contribution in [2.24, 2.45) is 5.73 Å². The fraction of sp³-hybridized carbons (Fsp3) is 0.417. The number of aryl methyl sites for hydroxylation is 1. The number of halogens is 2. The molecule has 1 fully saturated rings. The van der Waals surface area contributed by atoms with E-state index >= 15 is 0 Å². The first-order valence-electron chi connectivity index (χ1n) is 5.39. The van der Waals surface area contributed by atoms with Gasteiger partial charge in [-0.2, -0.15) is 0 Å². The van der Waals surface area contributed by atoms with Crippen LogP contribution in [0.4, 0.5) is 0 Å². The van der Waals surface area contributed by atoms with Gasteiger partial charge in [0.05, 0.1) is 0 Å². The van der Waals surface area contributed by atoms with Crippen LogP contribution in [0.25, 0.3) is 0 Å². The minimum absolute atomic E-state index is 0. The van der Waals surface area contributed by atoms with Crippen molar-refractivity contribution in [3.8, 4) is 0 Å². The first-order chi connectivity index (χ1) is 7.58. The number of nitrogens with zero attached hydrogens (tertiary/aromatic N) is 1. The summed E-state index contributed by atoms with van der Waals surface area (Å²) in [5.74, 6) is 0.0953. The van der Waals surface area contributed by atoms with E-state index in [-0.39, 0.29) is 24.4 Å². The maximum atomic E-state index is 12.2. The van der Waals surface area contributed by atoms with E-state index in [2.05, 4.69) is 15.9 Å². The summed E-state index contributed by atoms with van der Waals surface area (Å²) in [6.45, 7) is 3.40. The van der Waals surface area contributed by atoms with Gasteiger partial charge in [0, 0.05) is 29.2 Å². The van der Waals surface area contributed by atoms with Gasteiger partial charge in [0.15, 0.2) is 0 Å². The van der Waals surface area contributed by atoms with Crippen molar-refractivity contribution in [1.82, 2.24) is 4.90 Å². The Hall–Kier alpha value is -0.580. The van der Waals surface area contributed by atoms with Gasteiger partial charge in [0.2, 0.25) is 0 Å². The molecule has 94 valence electrons. The molecule has 0 unspecified atom stereocenters. The first-order valence-corrected chi connectivity index (χ1v) is 6.18. The number of nitrogens with two attached hydrogens (primary N) is 1. The average molecular weight is 320 g/mol. The summed E-state index contributed by atoms with van der Waals surface area (Å²) in [5.41, 5.74) is 7.58. The Balaban J connectivity index is 0.00000144. The Kier molecular flexibility index (Phi) is 4.98. The van der Waals surface area contributed by atoms with Gasteiger partial charge in [0.1, 0.15) is 0 Å². The molecule has 17 heavy (non-hydrogen) atoms. The van der Waals surface area contributed by atoms with Gasteiger partial charge in [-0.15, -0.1) is 12.4 Å². The maximum Gasteiger partial charge on any atom is 0.254 e. The molecule has 5 heteroatoms. The van der Waals surface area contributed by atoms with Crippen molar-refractivity contribution in [2.75, 3.05) is 13.1 Å². The standard InChI is InChI=1S/C12H15BrN2O.ClH/c1-8-6-9(13)2-3-11(8)12(16)15-5-4-10(14)7-15;/h2-3,6,10H,4-5,7,14H2,1H3;1H/t10-;/m0./s1. The second-order valence-electron chi connectivity index (χ2n) is 4.26. The van der Waals surface area contributed by atoms with E-state index in [1.54, 1.807) is 0 Å². The van der Waals surface area contributed by atoms with Gasteiger partial charge in [-0.1, -0.05) is 15.9 Å². The van der Waals surface area contributed by atoms with Crippen LogP contribution in [0.2, 0.25) is 0 Å². The minimum atomic E-state index is 0. The van der Waals surface area contributed by atoms with Crippen LogP contribution in [0.5, 0.6) is 0 Å². The third kappa shape index (κ3) is 3.21. The Bertz CT molecular complexity index is 425. The summed E-state index contributed by atoms with van der Waals surface area (Å²) < 4.78 is 1.000. The lowest BCUT2D eigenvalue weighted by atomic mass is 10.1. The predicted octanol–water partition coefficient (Wildman–Crippen LogP) is 2.35. The quantitative estimate of drug-likeness (QED) is 0.863. The van der Waals surface area contributed by atoms with Crippen molar-refractivity contribution >= 4 is 34.2 Å². The molecule has 0 bridgehead atoms. The highest BCUT2D eigenvalue weighted by Crippen LogP contribution is 2.19. The third-order valence-electron chi connectivity index (χ3n) is 2.93. The number of benzene rings is 1. The van der Waals surface area contributed by atoms with Crippen LogP contribution in [0.1, 0.15) is 22.3 Å². The highest BCUT2D eigenvalue weighted by molar-refractivity contribution is 9.10. The van der Waals surface area contributed by atoms with Crippen molar-refractivity contribution < 1.29 is 4.79 Å². The molecule has 1 saturated heterocycles. The molecule has 1 aliphatic heterocycles. The summed E-state index contributed by atoms with van der Waals surface area (Å²) in [6, 6.07) is 5.87. The molecular formula is C12H16BrClN2O. The molecule has 0 radical (unpaired) electrons. The van der Waals surface area contributed by atoms with Crippen molar-refractivity contribution in [1.29, 1.82) is 0 Å². The van der Waals surface area contributed by atoms with Gasteiger partial charge in [-0.05, 0) is 37.1 Å². The zero-order valence-corrected chi connectivity index (χ0v) is 12.1. The smallest absolute Gasteiger partial charge is 0.254 e. The third-order valence-corrected chi connectivity index (χ3v) is 3.42. The number of rotatable bonds is 1. The van der Waals surface area contributed by atoms with E-state index in [1.807, 2.05) is 30.0 Å². The molecule has 3 nitrogen and oxygen atoms in total. The Morgan fingerprint density at radius 1 is 1.53 bits per heavy atom. The molecule has 1 atom stereocenters. The number of hydrogen-bond acceptors (Lipinski definition) is 2. The number of likely N-dealkylation sites (tertiary alicyclic amines) is 1. The van der Waals surface area contributed by atoms with Crippen LogP contribution in [-0.2, 0) is 0 Å². The largest absolute Gasteiger partial charge is 0.337 e. The summed E-state index contributed by atoms with van der Waals surface area (Å²) >= 11 is 3.39. The van der Waals surface area contributed by atoms with E-state index in [4.69, 9.17) is 5.73 Å². The van der Waals surface area contributed by atoms with Gasteiger partial charge in [-0.25, -0.2) is 0 Å². The summed E-state index contributed by atoms with van der Waals surface area (Å²) in [5, 5.41) is 0. The molecule has 1 aromatic rings. The van der Waals surface area contributed by atoms with E-state index in [9.17, 15) is 4.79 Å². The highest BCUT2D eigenvalue weighted by atomic mass is 79.9. The predicted molar refractivity (Wildman–Crippen MR) is 74.6 cm³/mol. The molecule has 2 rings (SSSR count). The van der Waals surface area contributed by atoms with Gasteiger partial charge >= 0.3 is 0 Å². The van der Waals surface area contributed by atoms with Gasteiger partial charge in [-0.3, -0.25) is 4.79 Å². The lowest BCUT2D eigenvalue weighted by Gasteiger charge is -2.17. The molecule has 1 amide bonds. The first kappa shape index (κ1) is 14.5. The zero-order valence-electron chi connectivity index (χ0n) is 9.65. The highest BCUT2D eigenvalue weighted by Gasteiger charge is 2.25. The molecule has 1 aromatic carbocycles. The normalized spacial score (nSPS) is 19.0. The minimum Gasteiger partial charge on any atom is -0.337 e. The van der Waals surface area contributed by atoms with Crippen LogP contribution in [-0.4, -0.2) is 29.9 Å². The fourth-order valence-electron chi connectivity index (χ4n) is 2.01. The van der Waals surface area contributed by atoms with Crippen molar-refractivity contribution in [3.05, 3.63) is 33.8 Å². The fourth-order valence-corrected chi connectivity index (χ4v) is 2.48. The monoisotopic (exact) mass is 318 g/mol. The number of carbonyl (C=O) groups excluding carboxylic acids is 1. The SMILES string of the molecule is Cc1cc(Br)ccc1C(=O)N1CC[C@H](N)C1.Cl. The Labute approximate surface area is 116 Å². The lowest BCUT2D eigenvalue weighted by molar-refractivity contribution is 0.0790. The molecule has 1 heterocycles. The number of amides is 1. The average Bonchev–Trinajstić information content (AvgIpc) is 2.64.